The molecule has 2 rings (SSSR count). The Morgan fingerprint density at radius 3 is 0.903 bits per heavy atom. The van der Waals surface area contributed by atoms with Gasteiger partial charge in [-0.1, -0.05) is 136 Å². The van der Waals surface area contributed by atoms with Crippen molar-refractivity contribution in [1.29, 1.82) is 0 Å². The van der Waals surface area contributed by atoms with Crippen LogP contribution in [0.15, 0.2) is 0 Å². The topological polar surface area (TPSA) is 28.2 Å². The van der Waals surface area contributed by atoms with Gasteiger partial charge in [0.1, 0.15) is 0 Å². The smallest absolute Gasteiger partial charge is 1.00 e. The molecule has 0 N–H and O–H groups in total. The standard InChI is InChI=1S/2C12H26NSi.2ClH.Zr/c2*1-11(2)9-7-8-10-12(11,3)13-14(4,5)6;;;/h2*7-10H2,1-6H3;2*1H;/q2*-1;;;+4/p-2. The van der Waals surface area contributed by atoms with Crippen LogP contribution in [0.1, 0.15) is 92.9 Å². The number of nitrogens with zero attached hydrogens (tertiary/aromatic N) is 2. The van der Waals surface area contributed by atoms with Crippen LogP contribution < -0.4 is 24.8 Å². The van der Waals surface area contributed by atoms with Crippen LogP contribution in [-0.2, 0) is 26.2 Å². The summed E-state index contributed by atoms with van der Waals surface area (Å²) in [4.78, 5) is 10.4. The quantitative estimate of drug-likeness (QED) is 0.453. The second kappa shape index (κ2) is 13.2. The molecule has 2 atom stereocenters. The van der Waals surface area contributed by atoms with E-state index in [0.29, 0.717) is 10.8 Å². The molecule has 0 bridgehead atoms. The minimum Gasteiger partial charge on any atom is -1.00 e. The summed E-state index contributed by atoms with van der Waals surface area (Å²) in [6.07, 6.45) is 10.8. The van der Waals surface area contributed by atoms with Crippen LogP contribution in [-0.4, -0.2) is 27.5 Å². The van der Waals surface area contributed by atoms with Gasteiger partial charge in [0.05, 0.1) is 0 Å². The maximum atomic E-state index is 5.19. The summed E-state index contributed by atoms with van der Waals surface area (Å²) in [6.45, 7) is 28.5. The van der Waals surface area contributed by atoms with Gasteiger partial charge in [-0.15, -0.1) is 11.1 Å². The van der Waals surface area contributed by atoms with Crippen LogP contribution >= 0.6 is 0 Å². The molecule has 0 heterocycles. The van der Waals surface area contributed by atoms with Crippen molar-refractivity contribution in [3.63, 3.8) is 0 Å². The molecule has 0 amide bonds. The number of hydrogen-bond donors (Lipinski definition) is 0. The average molecular weight is 587 g/mol. The number of halogens is 2. The molecular weight excluding hydrogens is 535 g/mol. The molecule has 2 unspecified atom stereocenters. The second-order valence-corrected chi connectivity index (χ2v) is 22.4. The molecule has 0 aromatic carbocycles. The van der Waals surface area contributed by atoms with Crippen LogP contribution in [0.25, 0.3) is 9.96 Å². The molecule has 0 aromatic rings. The molecule has 31 heavy (non-hydrogen) atoms. The Balaban J connectivity index is -0.000000461. The molecular formula is C24H52Cl2N2Si2Zr. The van der Waals surface area contributed by atoms with Crippen molar-refractivity contribution < 1.29 is 51.0 Å². The van der Waals surface area contributed by atoms with E-state index in [9.17, 15) is 0 Å². The van der Waals surface area contributed by atoms with E-state index in [1.807, 2.05) is 0 Å². The van der Waals surface area contributed by atoms with Crippen molar-refractivity contribution in [3.8, 4) is 0 Å². The van der Waals surface area contributed by atoms with Gasteiger partial charge in [0.15, 0.2) is 0 Å². The van der Waals surface area contributed by atoms with E-state index >= 15 is 0 Å². The monoisotopic (exact) mass is 584 g/mol. The van der Waals surface area contributed by atoms with Crippen LogP contribution in [0, 0.1) is 10.8 Å². The van der Waals surface area contributed by atoms with Gasteiger partial charge in [0.25, 0.3) is 0 Å². The molecule has 0 aromatic heterocycles. The van der Waals surface area contributed by atoms with E-state index in [4.69, 9.17) is 9.96 Å². The van der Waals surface area contributed by atoms with Gasteiger partial charge in [-0.3, -0.25) is 0 Å². The van der Waals surface area contributed by atoms with Crippen LogP contribution in [0.4, 0.5) is 0 Å². The average Bonchev–Trinajstić information content (AvgIpc) is 2.43. The minimum atomic E-state index is -1.28. The first kappa shape index (κ1) is 37.4. The van der Waals surface area contributed by atoms with Crippen molar-refractivity contribution in [2.24, 2.45) is 10.8 Å². The maximum Gasteiger partial charge on any atom is 4.00 e. The van der Waals surface area contributed by atoms with Crippen molar-refractivity contribution >= 4 is 16.5 Å². The molecule has 0 radical (unpaired) electrons. The van der Waals surface area contributed by atoms with Gasteiger partial charge < -0.3 is 34.8 Å². The molecule has 2 aliphatic carbocycles. The van der Waals surface area contributed by atoms with Crippen molar-refractivity contribution in [2.45, 2.75) is 143 Å². The summed E-state index contributed by atoms with van der Waals surface area (Å²) in [5.41, 5.74) is 1.31. The molecule has 2 fully saturated rings. The predicted molar refractivity (Wildman–Crippen MR) is 135 cm³/mol. The third-order valence-corrected chi connectivity index (χ3v) is 9.84. The van der Waals surface area contributed by atoms with Gasteiger partial charge in [-0.2, -0.15) is 0 Å². The summed E-state index contributed by atoms with van der Waals surface area (Å²) in [7, 11) is -2.56. The first-order valence-electron chi connectivity index (χ1n) is 11.8. The fourth-order valence-corrected chi connectivity index (χ4v) is 8.97. The van der Waals surface area contributed by atoms with Crippen LogP contribution in [0.2, 0.25) is 39.3 Å². The number of hydrogen-bond acceptors (Lipinski definition) is 0. The summed E-state index contributed by atoms with van der Waals surface area (Å²) < 4.78 is 0. The Kier molecular flexibility index (Phi) is 15.9. The summed E-state index contributed by atoms with van der Waals surface area (Å²) in [5, 5.41) is 0. The Morgan fingerprint density at radius 2 is 0.710 bits per heavy atom. The van der Waals surface area contributed by atoms with Crippen molar-refractivity contribution in [2.75, 3.05) is 0 Å². The Bertz CT molecular complexity index is 473. The van der Waals surface area contributed by atoms with Crippen LogP contribution in [0.5, 0.6) is 0 Å². The third-order valence-electron chi connectivity index (χ3n) is 7.51. The molecule has 2 aliphatic rings. The van der Waals surface area contributed by atoms with Gasteiger partial charge in [0, 0.05) is 0 Å². The van der Waals surface area contributed by atoms with E-state index in [-0.39, 0.29) is 62.1 Å². The second-order valence-electron chi connectivity index (χ2n) is 13.3. The fraction of sp³-hybridized carbons (Fsp3) is 1.00. The van der Waals surface area contributed by atoms with Crippen molar-refractivity contribution in [3.05, 3.63) is 9.96 Å². The first-order chi connectivity index (χ1) is 12.3. The molecule has 2 nitrogen and oxygen atoms in total. The van der Waals surface area contributed by atoms with E-state index in [2.05, 4.69) is 80.8 Å². The van der Waals surface area contributed by atoms with E-state index in [1.54, 1.807) is 0 Å². The molecule has 0 aliphatic heterocycles. The van der Waals surface area contributed by atoms with Crippen molar-refractivity contribution in [1.82, 2.24) is 0 Å². The Morgan fingerprint density at radius 1 is 0.484 bits per heavy atom. The predicted octanol–water partition coefficient (Wildman–Crippen LogP) is 3.11. The fourth-order valence-electron chi connectivity index (χ4n) is 5.18. The molecule has 184 valence electrons. The van der Waals surface area contributed by atoms with Gasteiger partial charge in [0.2, 0.25) is 0 Å². The normalized spacial score (nSPS) is 29.8. The zero-order valence-electron chi connectivity index (χ0n) is 22.8. The van der Waals surface area contributed by atoms with Gasteiger partial charge in [-0.05, 0) is 23.7 Å². The molecule has 0 saturated heterocycles. The van der Waals surface area contributed by atoms with Gasteiger partial charge in [-0.25, -0.2) is 0 Å². The number of rotatable bonds is 4. The largest absolute Gasteiger partial charge is 4.00 e. The SMILES string of the molecule is CC1(C)CCCCC1(C)[N-][Si](C)(C)C.CC1(C)CCCCC1(C)[N-][Si](C)(C)C.[Cl-].[Cl-].[Zr+4]. The minimum absolute atomic E-state index is 0. The van der Waals surface area contributed by atoms with E-state index in [1.165, 1.54) is 51.4 Å². The molecule has 7 heteroatoms. The Labute approximate surface area is 230 Å². The summed E-state index contributed by atoms with van der Waals surface area (Å²) in [6, 6.07) is 0. The maximum absolute atomic E-state index is 5.19. The zero-order valence-corrected chi connectivity index (χ0v) is 28.8. The Hall–Kier alpha value is 1.82. The third kappa shape index (κ3) is 11.4. The van der Waals surface area contributed by atoms with Gasteiger partial charge >= 0.3 is 26.2 Å². The molecule has 2 saturated carbocycles. The van der Waals surface area contributed by atoms with E-state index in [0.717, 1.165) is 0 Å². The summed E-state index contributed by atoms with van der Waals surface area (Å²) in [5.74, 6) is 0. The zero-order chi connectivity index (χ0) is 22.1. The summed E-state index contributed by atoms with van der Waals surface area (Å²) >= 11 is 0. The van der Waals surface area contributed by atoms with E-state index < -0.39 is 16.5 Å². The van der Waals surface area contributed by atoms with Crippen LogP contribution in [0.3, 0.4) is 0 Å². The first-order valence-corrected chi connectivity index (χ1v) is 18.7. The molecule has 0 spiro atoms.